The number of benzene rings is 2. The van der Waals surface area contributed by atoms with Crippen molar-refractivity contribution in [1.29, 1.82) is 0 Å². The minimum atomic E-state index is -3.32. The number of ether oxygens (including phenoxy) is 1. The predicted octanol–water partition coefficient (Wildman–Crippen LogP) is 3.96. The summed E-state index contributed by atoms with van der Waals surface area (Å²) in [5, 5.41) is 2.69. The number of hydrogen-bond acceptors (Lipinski definition) is 5. The molecule has 0 atom stereocenters. The summed E-state index contributed by atoms with van der Waals surface area (Å²) in [7, 11) is -3.32. The zero-order chi connectivity index (χ0) is 20.3. The molecule has 0 saturated heterocycles. The van der Waals surface area contributed by atoms with Crippen molar-refractivity contribution in [2.75, 3.05) is 11.6 Å². The van der Waals surface area contributed by atoms with Crippen LogP contribution in [0.15, 0.2) is 63.9 Å². The monoisotopic (exact) mass is 403 g/mol. The molecule has 0 bridgehead atoms. The summed E-state index contributed by atoms with van der Waals surface area (Å²) in [4.78, 5) is 12.5. The van der Waals surface area contributed by atoms with Crippen molar-refractivity contribution in [2.45, 2.75) is 18.4 Å². The van der Waals surface area contributed by atoms with E-state index in [1.807, 2.05) is 0 Å². The lowest BCUT2D eigenvalue weighted by atomic mass is 10.2. The Morgan fingerprint density at radius 3 is 2.46 bits per heavy atom. The first-order valence-electron chi connectivity index (χ1n) is 8.31. The molecule has 28 heavy (non-hydrogen) atoms. The standard InChI is InChI=1S/C20H18FNO5S/c1-13-11-17(28(2,24)25)8-9-18(13)22-20(23)19-10-7-16(27-19)12-26-15-5-3-14(21)4-6-15/h3-11H,12H2,1-2H3,(H,22,23). The molecule has 1 aromatic heterocycles. The average Bonchev–Trinajstić information content (AvgIpc) is 3.11. The van der Waals surface area contributed by atoms with Gasteiger partial charge in [0.1, 0.15) is 23.9 Å². The fourth-order valence-electron chi connectivity index (χ4n) is 2.45. The number of nitrogens with one attached hydrogen (secondary N) is 1. The first-order valence-corrected chi connectivity index (χ1v) is 10.2. The Hall–Kier alpha value is -3.13. The van der Waals surface area contributed by atoms with Gasteiger partial charge >= 0.3 is 0 Å². The first kappa shape index (κ1) is 19.6. The maximum Gasteiger partial charge on any atom is 0.291 e. The molecule has 0 aliphatic carbocycles. The van der Waals surface area contributed by atoms with Gasteiger partial charge in [-0.1, -0.05) is 0 Å². The van der Waals surface area contributed by atoms with Gasteiger partial charge in [0.25, 0.3) is 5.91 Å². The molecule has 0 unspecified atom stereocenters. The zero-order valence-electron chi connectivity index (χ0n) is 15.2. The lowest BCUT2D eigenvalue weighted by Gasteiger charge is -2.08. The number of furan rings is 1. The van der Waals surface area contributed by atoms with E-state index in [2.05, 4.69) is 5.32 Å². The van der Waals surface area contributed by atoms with Crippen molar-refractivity contribution in [1.82, 2.24) is 0 Å². The molecule has 0 saturated carbocycles. The van der Waals surface area contributed by atoms with E-state index in [4.69, 9.17) is 9.15 Å². The molecule has 0 aliphatic rings. The molecule has 0 fully saturated rings. The second-order valence-electron chi connectivity index (χ2n) is 6.21. The Bertz CT molecular complexity index is 1100. The number of hydrogen-bond donors (Lipinski definition) is 1. The molecule has 8 heteroatoms. The van der Waals surface area contributed by atoms with Crippen LogP contribution >= 0.6 is 0 Å². The molecule has 6 nitrogen and oxygen atoms in total. The molecule has 0 aliphatic heterocycles. The molecule has 0 spiro atoms. The van der Waals surface area contributed by atoms with Crippen LogP contribution in [0.25, 0.3) is 0 Å². The lowest BCUT2D eigenvalue weighted by Crippen LogP contribution is -2.12. The van der Waals surface area contributed by atoms with Crippen LogP contribution in [0.2, 0.25) is 0 Å². The second-order valence-corrected chi connectivity index (χ2v) is 8.23. The SMILES string of the molecule is Cc1cc(S(C)(=O)=O)ccc1NC(=O)c1ccc(COc2ccc(F)cc2)o1. The summed E-state index contributed by atoms with van der Waals surface area (Å²) in [6.45, 7) is 1.79. The zero-order valence-corrected chi connectivity index (χ0v) is 16.0. The predicted molar refractivity (Wildman–Crippen MR) is 102 cm³/mol. The summed E-state index contributed by atoms with van der Waals surface area (Å²) >= 11 is 0. The molecule has 3 aromatic rings. The van der Waals surface area contributed by atoms with E-state index in [1.54, 1.807) is 13.0 Å². The Morgan fingerprint density at radius 2 is 1.82 bits per heavy atom. The van der Waals surface area contributed by atoms with E-state index in [0.717, 1.165) is 6.26 Å². The van der Waals surface area contributed by atoms with Gasteiger partial charge in [0.15, 0.2) is 15.6 Å². The molecular formula is C20H18FNO5S. The van der Waals surface area contributed by atoms with Gasteiger partial charge in [0.05, 0.1) is 4.90 Å². The van der Waals surface area contributed by atoms with Crippen molar-refractivity contribution in [2.24, 2.45) is 0 Å². The van der Waals surface area contributed by atoms with Crippen molar-refractivity contribution in [3.05, 3.63) is 77.5 Å². The maximum absolute atomic E-state index is 12.9. The van der Waals surface area contributed by atoms with Crippen LogP contribution in [-0.4, -0.2) is 20.6 Å². The first-order chi connectivity index (χ1) is 13.2. The highest BCUT2D eigenvalue weighted by Gasteiger charge is 2.15. The average molecular weight is 403 g/mol. The van der Waals surface area contributed by atoms with E-state index in [-0.39, 0.29) is 23.1 Å². The highest BCUT2D eigenvalue weighted by molar-refractivity contribution is 7.90. The van der Waals surface area contributed by atoms with Crippen LogP contribution in [0, 0.1) is 12.7 Å². The molecule has 3 rings (SSSR count). The van der Waals surface area contributed by atoms with Crippen LogP contribution in [-0.2, 0) is 16.4 Å². The van der Waals surface area contributed by atoms with Crippen molar-refractivity contribution < 1.29 is 26.8 Å². The number of amides is 1. The van der Waals surface area contributed by atoms with Gasteiger partial charge in [-0.05, 0) is 67.1 Å². The third kappa shape index (κ3) is 4.77. The van der Waals surface area contributed by atoms with Crippen LogP contribution < -0.4 is 10.1 Å². The third-order valence-electron chi connectivity index (χ3n) is 3.95. The highest BCUT2D eigenvalue weighted by Crippen LogP contribution is 2.21. The van der Waals surface area contributed by atoms with Gasteiger partial charge in [-0.25, -0.2) is 12.8 Å². The van der Waals surface area contributed by atoms with Gasteiger partial charge in [-0.15, -0.1) is 0 Å². The fraction of sp³-hybridized carbons (Fsp3) is 0.150. The maximum atomic E-state index is 12.9. The number of rotatable bonds is 6. The van der Waals surface area contributed by atoms with Gasteiger partial charge < -0.3 is 14.5 Å². The van der Waals surface area contributed by atoms with Crippen molar-refractivity contribution >= 4 is 21.4 Å². The largest absolute Gasteiger partial charge is 0.486 e. The molecule has 1 heterocycles. The number of sulfone groups is 1. The van der Waals surface area contributed by atoms with E-state index in [0.29, 0.717) is 22.8 Å². The van der Waals surface area contributed by atoms with Gasteiger partial charge in [-0.3, -0.25) is 4.79 Å². The third-order valence-corrected chi connectivity index (χ3v) is 5.06. The minimum Gasteiger partial charge on any atom is -0.486 e. The molecule has 2 aromatic carbocycles. The minimum absolute atomic E-state index is 0.0843. The molecule has 0 radical (unpaired) electrons. The van der Waals surface area contributed by atoms with E-state index in [9.17, 15) is 17.6 Å². The Morgan fingerprint density at radius 1 is 1.11 bits per heavy atom. The Balaban J connectivity index is 1.65. The number of anilines is 1. The number of halogens is 1. The number of carbonyl (C=O) groups is 1. The molecule has 146 valence electrons. The molecular weight excluding hydrogens is 385 g/mol. The van der Waals surface area contributed by atoms with Crippen molar-refractivity contribution in [3.63, 3.8) is 0 Å². The quantitative estimate of drug-likeness (QED) is 0.673. The molecule has 1 N–H and O–H groups in total. The Labute approximate surface area is 161 Å². The fourth-order valence-corrected chi connectivity index (χ4v) is 3.16. The molecule has 1 amide bonds. The van der Waals surface area contributed by atoms with Crippen LogP contribution in [0.5, 0.6) is 5.75 Å². The van der Waals surface area contributed by atoms with E-state index < -0.39 is 15.7 Å². The van der Waals surface area contributed by atoms with Crippen molar-refractivity contribution in [3.8, 4) is 5.75 Å². The van der Waals surface area contributed by atoms with Crippen LogP contribution in [0.3, 0.4) is 0 Å². The Kier molecular flexibility index (Phi) is 5.51. The van der Waals surface area contributed by atoms with Gasteiger partial charge in [0, 0.05) is 11.9 Å². The smallest absolute Gasteiger partial charge is 0.291 e. The van der Waals surface area contributed by atoms with Gasteiger partial charge in [0.2, 0.25) is 0 Å². The number of aryl methyl sites for hydroxylation is 1. The second kappa shape index (κ2) is 7.85. The lowest BCUT2D eigenvalue weighted by molar-refractivity contribution is 0.0992. The van der Waals surface area contributed by atoms with Crippen LogP contribution in [0.4, 0.5) is 10.1 Å². The summed E-state index contributed by atoms with van der Waals surface area (Å²) in [5.74, 6) is 0.167. The van der Waals surface area contributed by atoms with Crippen LogP contribution in [0.1, 0.15) is 21.9 Å². The van der Waals surface area contributed by atoms with E-state index in [1.165, 1.54) is 48.5 Å². The summed E-state index contributed by atoms with van der Waals surface area (Å²) in [6.07, 6.45) is 1.12. The van der Waals surface area contributed by atoms with E-state index >= 15 is 0 Å². The van der Waals surface area contributed by atoms with Gasteiger partial charge in [-0.2, -0.15) is 0 Å². The topological polar surface area (TPSA) is 85.6 Å². The number of carbonyl (C=O) groups excluding carboxylic acids is 1. The summed E-state index contributed by atoms with van der Waals surface area (Å²) in [5.41, 5.74) is 1.10. The summed E-state index contributed by atoms with van der Waals surface area (Å²) < 4.78 is 47.0. The normalized spacial score (nSPS) is 11.2. The highest BCUT2D eigenvalue weighted by atomic mass is 32.2. The summed E-state index contributed by atoms with van der Waals surface area (Å²) in [6, 6.07) is 13.1.